The number of benzene rings is 1. The van der Waals surface area contributed by atoms with Crippen LogP contribution in [0.2, 0.25) is 0 Å². The summed E-state index contributed by atoms with van der Waals surface area (Å²) in [6.07, 6.45) is 1.52. The number of halogens is 1. The first-order valence-corrected chi connectivity index (χ1v) is 10.2. The SMILES string of the molecule is CCOC(=O)CN1C(=O)S/C(=C/c2cc(I)c(OCC(=O)OC)c(OC)c2)C1=O. The molecule has 156 valence electrons. The van der Waals surface area contributed by atoms with Crippen LogP contribution in [-0.4, -0.2) is 62.0 Å². The highest BCUT2D eigenvalue weighted by atomic mass is 127. The summed E-state index contributed by atoms with van der Waals surface area (Å²) in [5, 5.41) is -0.547. The number of thioether (sulfide) groups is 1. The summed E-state index contributed by atoms with van der Waals surface area (Å²) < 4.78 is 20.7. The van der Waals surface area contributed by atoms with Crippen LogP contribution < -0.4 is 9.47 Å². The van der Waals surface area contributed by atoms with Crippen LogP contribution in [0.25, 0.3) is 6.08 Å². The van der Waals surface area contributed by atoms with Gasteiger partial charge in [-0.15, -0.1) is 0 Å². The molecule has 1 heterocycles. The van der Waals surface area contributed by atoms with E-state index in [9.17, 15) is 19.2 Å². The number of imide groups is 1. The van der Waals surface area contributed by atoms with Crippen molar-refractivity contribution in [3.8, 4) is 11.5 Å². The van der Waals surface area contributed by atoms with Crippen molar-refractivity contribution >= 4 is 63.5 Å². The van der Waals surface area contributed by atoms with E-state index in [0.29, 0.717) is 20.6 Å². The van der Waals surface area contributed by atoms with Gasteiger partial charge in [0.05, 0.1) is 29.3 Å². The molecule has 11 heteroatoms. The van der Waals surface area contributed by atoms with E-state index in [0.717, 1.165) is 16.7 Å². The molecule has 1 fully saturated rings. The second kappa shape index (κ2) is 10.5. The van der Waals surface area contributed by atoms with Gasteiger partial charge in [0.2, 0.25) is 0 Å². The molecule has 0 N–H and O–H groups in total. The number of nitrogens with zero attached hydrogens (tertiary/aromatic N) is 1. The fourth-order valence-electron chi connectivity index (χ4n) is 2.28. The number of carbonyl (C=O) groups excluding carboxylic acids is 4. The fraction of sp³-hybridized carbons (Fsp3) is 0.333. The minimum atomic E-state index is -0.653. The number of hydrogen-bond acceptors (Lipinski definition) is 9. The highest BCUT2D eigenvalue weighted by Crippen LogP contribution is 2.37. The van der Waals surface area contributed by atoms with E-state index >= 15 is 0 Å². The van der Waals surface area contributed by atoms with Gasteiger partial charge in [-0.1, -0.05) is 0 Å². The molecule has 29 heavy (non-hydrogen) atoms. The highest BCUT2D eigenvalue weighted by Gasteiger charge is 2.36. The van der Waals surface area contributed by atoms with E-state index in [2.05, 4.69) is 4.74 Å². The van der Waals surface area contributed by atoms with E-state index in [1.165, 1.54) is 20.3 Å². The third-order valence-corrected chi connectivity index (χ3v) is 5.29. The van der Waals surface area contributed by atoms with Crippen molar-refractivity contribution in [3.05, 3.63) is 26.2 Å². The van der Waals surface area contributed by atoms with Crippen molar-refractivity contribution in [2.24, 2.45) is 0 Å². The van der Waals surface area contributed by atoms with Gasteiger partial charge in [-0.05, 0) is 65.0 Å². The van der Waals surface area contributed by atoms with E-state index in [1.807, 2.05) is 22.6 Å². The maximum atomic E-state index is 12.5. The first kappa shape index (κ1) is 23.0. The first-order valence-electron chi connectivity index (χ1n) is 8.28. The lowest BCUT2D eigenvalue weighted by atomic mass is 10.2. The maximum Gasteiger partial charge on any atom is 0.343 e. The summed E-state index contributed by atoms with van der Waals surface area (Å²) >= 11 is 2.73. The van der Waals surface area contributed by atoms with Gasteiger partial charge < -0.3 is 18.9 Å². The van der Waals surface area contributed by atoms with Gasteiger partial charge in [-0.25, -0.2) is 4.79 Å². The van der Waals surface area contributed by atoms with Gasteiger partial charge in [-0.2, -0.15) is 0 Å². The number of hydrogen-bond donors (Lipinski definition) is 0. The van der Waals surface area contributed by atoms with Crippen LogP contribution in [0.5, 0.6) is 11.5 Å². The molecular formula is C18H18INO8S. The lowest BCUT2D eigenvalue weighted by Gasteiger charge is -2.13. The third-order valence-electron chi connectivity index (χ3n) is 3.58. The predicted molar refractivity (Wildman–Crippen MR) is 113 cm³/mol. The smallest absolute Gasteiger partial charge is 0.343 e. The fourth-order valence-corrected chi connectivity index (χ4v) is 3.90. The van der Waals surface area contributed by atoms with Gasteiger partial charge in [0, 0.05) is 0 Å². The molecule has 1 aliphatic rings. The van der Waals surface area contributed by atoms with Crippen LogP contribution in [0.15, 0.2) is 17.0 Å². The molecule has 0 unspecified atom stereocenters. The molecule has 0 aromatic heterocycles. The van der Waals surface area contributed by atoms with Crippen molar-refractivity contribution in [2.75, 3.05) is 34.0 Å². The van der Waals surface area contributed by atoms with Crippen molar-refractivity contribution in [3.63, 3.8) is 0 Å². The number of carbonyl (C=O) groups is 4. The van der Waals surface area contributed by atoms with Crippen molar-refractivity contribution in [1.29, 1.82) is 0 Å². The molecule has 2 rings (SSSR count). The van der Waals surface area contributed by atoms with Crippen LogP contribution in [0.4, 0.5) is 4.79 Å². The predicted octanol–water partition coefficient (Wildman–Crippen LogP) is 2.45. The van der Waals surface area contributed by atoms with E-state index in [1.54, 1.807) is 19.1 Å². The average molecular weight is 535 g/mol. The third kappa shape index (κ3) is 5.85. The molecule has 0 bridgehead atoms. The summed E-state index contributed by atoms with van der Waals surface area (Å²) in [4.78, 5) is 48.4. The van der Waals surface area contributed by atoms with Gasteiger partial charge in [-0.3, -0.25) is 19.3 Å². The Balaban J connectivity index is 2.24. The van der Waals surface area contributed by atoms with Gasteiger partial charge in [0.1, 0.15) is 6.54 Å². The summed E-state index contributed by atoms with van der Waals surface area (Å²) in [5.74, 6) is -1.07. The largest absolute Gasteiger partial charge is 0.493 e. The Morgan fingerprint density at radius 3 is 2.55 bits per heavy atom. The molecule has 0 spiro atoms. The Bertz CT molecular complexity index is 870. The zero-order chi connectivity index (χ0) is 21.6. The summed E-state index contributed by atoms with van der Waals surface area (Å²) in [7, 11) is 2.69. The van der Waals surface area contributed by atoms with Crippen molar-refractivity contribution in [2.45, 2.75) is 6.92 Å². The monoisotopic (exact) mass is 535 g/mol. The molecule has 1 aromatic rings. The van der Waals surface area contributed by atoms with E-state index in [-0.39, 0.29) is 18.1 Å². The van der Waals surface area contributed by atoms with Crippen molar-refractivity contribution in [1.82, 2.24) is 4.90 Å². The summed E-state index contributed by atoms with van der Waals surface area (Å²) in [6, 6.07) is 3.31. The molecule has 0 radical (unpaired) electrons. The molecule has 0 saturated carbocycles. The van der Waals surface area contributed by atoms with Gasteiger partial charge >= 0.3 is 11.9 Å². The number of esters is 2. The second-order valence-electron chi connectivity index (χ2n) is 5.47. The quantitative estimate of drug-likeness (QED) is 0.282. The molecule has 2 amide bonds. The second-order valence-corrected chi connectivity index (χ2v) is 7.63. The number of rotatable bonds is 8. The average Bonchev–Trinajstić information content (AvgIpc) is 2.94. The van der Waals surface area contributed by atoms with Gasteiger partial charge in [0.25, 0.3) is 11.1 Å². The Morgan fingerprint density at radius 1 is 1.21 bits per heavy atom. The maximum absolute atomic E-state index is 12.5. The van der Waals surface area contributed by atoms with Gasteiger partial charge in [0.15, 0.2) is 18.1 Å². The topological polar surface area (TPSA) is 108 Å². The van der Waals surface area contributed by atoms with Crippen LogP contribution in [-0.2, 0) is 23.9 Å². The summed E-state index contributed by atoms with van der Waals surface area (Å²) in [6.45, 7) is 1.08. The molecule has 0 atom stereocenters. The molecular weight excluding hydrogens is 517 g/mol. The molecule has 0 aliphatic carbocycles. The first-order chi connectivity index (χ1) is 13.8. The van der Waals surface area contributed by atoms with Crippen molar-refractivity contribution < 1.29 is 38.1 Å². The lowest BCUT2D eigenvalue weighted by molar-refractivity contribution is -0.146. The summed E-state index contributed by atoms with van der Waals surface area (Å²) in [5.41, 5.74) is 0.582. The zero-order valence-corrected chi connectivity index (χ0v) is 18.8. The molecule has 9 nitrogen and oxygen atoms in total. The van der Waals surface area contributed by atoms with E-state index in [4.69, 9.17) is 14.2 Å². The molecule has 1 aliphatic heterocycles. The number of methoxy groups -OCH3 is 2. The Morgan fingerprint density at radius 2 is 1.93 bits per heavy atom. The Hall–Kier alpha value is -2.28. The minimum Gasteiger partial charge on any atom is -0.493 e. The van der Waals surface area contributed by atoms with E-state index < -0.39 is 29.6 Å². The van der Waals surface area contributed by atoms with Crippen LogP contribution in [0, 0.1) is 3.57 Å². The Labute approximate surface area is 184 Å². The Kier molecular flexibility index (Phi) is 8.32. The van der Waals surface area contributed by atoms with Crippen LogP contribution in [0.3, 0.4) is 0 Å². The number of amides is 2. The zero-order valence-electron chi connectivity index (χ0n) is 15.9. The molecule has 1 aromatic carbocycles. The van der Waals surface area contributed by atoms with Crippen LogP contribution >= 0.6 is 34.4 Å². The highest BCUT2D eigenvalue weighted by molar-refractivity contribution is 14.1. The normalized spacial score (nSPS) is 14.9. The number of ether oxygens (including phenoxy) is 4. The van der Waals surface area contributed by atoms with Crippen LogP contribution in [0.1, 0.15) is 12.5 Å². The lowest BCUT2D eigenvalue weighted by Crippen LogP contribution is -2.34. The minimum absolute atomic E-state index is 0.160. The standard InChI is InChI=1S/C18H18INO8S/c1-4-27-14(21)8-20-17(23)13(29-18(20)24)7-10-5-11(19)16(12(6-10)25-2)28-9-15(22)26-3/h5-7H,4,8-9H2,1-3H3/b13-7+. The molecule has 1 saturated heterocycles.